The molecule has 4 aromatic heterocycles. The van der Waals surface area contributed by atoms with Gasteiger partial charge < -0.3 is 18.9 Å². The van der Waals surface area contributed by atoms with E-state index in [0.717, 1.165) is 140 Å². The molecule has 15 aromatic carbocycles. The fraction of sp³-hybridized carbons (Fsp3) is 0.144. The number of anilines is 6. The lowest BCUT2D eigenvalue weighted by atomic mass is 9.33. The van der Waals surface area contributed by atoms with E-state index in [-0.39, 0.29) is 28.4 Å². The number of rotatable bonds is 10. The van der Waals surface area contributed by atoms with E-state index < -0.39 is 0 Å². The van der Waals surface area contributed by atoms with Gasteiger partial charge in [0.25, 0.3) is 6.71 Å². The van der Waals surface area contributed by atoms with Crippen LogP contribution in [0.3, 0.4) is 0 Å². The van der Waals surface area contributed by atoms with E-state index in [4.69, 9.17) is 4.98 Å². The summed E-state index contributed by atoms with van der Waals surface area (Å²) >= 11 is 0. The Labute approximate surface area is 692 Å². The smallest absolute Gasteiger partial charge is 0.252 e. The van der Waals surface area contributed by atoms with Crippen LogP contribution in [0.15, 0.2) is 346 Å². The molecule has 570 valence electrons. The van der Waals surface area contributed by atoms with E-state index in [2.05, 4.69) is 452 Å². The summed E-state index contributed by atoms with van der Waals surface area (Å²) < 4.78 is 7.52. The Hall–Kier alpha value is -13.5. The Morgan fingerprint density at radius 3 is 1.21 bits per heavy atom. The third kappa shape index (κ3) is 11.9. The van der Waals surface area contributed by atoms with Crippen molar-refractivity contribution in [2.75, 3.05) is 9.80 Å². The molecule has 0 unspecified atom stereocenters. The fourth-order valence-electron chi connectivity index (χ4n) is 19.0. The first-order valence-corrected chi connectivity index (χ1v) is 41.8. The highest BCUT2D eigenvalue weighted by Gasteiger charge is 2.45. The molecule has 2 aliphatic heterocycles. The molecule has 0 radical (unpaired) electrons. The van der Waals surface area contributed by atoms with E-state index in [0.29, 0.717) is 0 Å². The lowest BCUT2D eigenvalue weighted by molar-refractivity contribution is 0.590. The maximum absolute atomic E-state index is 5.93. The Morgan fingerprint density at radius 1 is 0.229 bits per heavy atom. The van der Waals surface area contributed by atoms with Gasteiger partial charge in [-0.1, -0.05) is 308 Å². The largest absolute Gasteiger partial charge is 0.311 e. The molecule has 0 aliphatic carbocycles. The van der Waals surface area contributed by atoms with E-state index in [9.17, 15) is 0 Å². The summed E-state index contributed by atoms with van der Waals surface area (Å²) in [6.07, 6.45) is 0. The maximum atomic E-state index is 5.93. The van der Waals surface area contributed by atoms with Gasteiger partial charge in [-0.05, 0) is 226 Å². The van der Waals surface area contributed by atoms with Crippen LogP contribution >= 0.6 is 0 Å². The maximum Gasteiger partial charge on any atom is 0.252 e. The number of hydrogen-bond donors (Lipinski definition) is 0. The second-order valence-electron chi connectivity index (χ2n) is 36.8. The van der Waals surface area contributed by atoms with Crippen LogP contribution in [0, 0.1) is 0 Å². The van der Waals surface area contributed by atoms with Crippen molar-refractivity contribution in [3.63, 3.8) is 0 Å². The van der Waals surface area contributed by atoms with Crippen LogP contribution in [0.1, 0.15) is 105 Å². The molecule has 0 fully saturated rings. The van der Waals surface area contributed by atoms with Crippen LogP contribution < -0.4 is 26.2 Å². The second kappa shape index (κ2) is 27.1. The summed E-state index contributed by atoms with van der Waals surface area (Å²) in [6.45, 7) is 27.6. The molecule has 0 saturated carbocycles. The first kappa shape index (κ1) is 72.2. The van der Waals surface area contributed by atoms with E-state index in [1.54, 1.807) is 0 Å². The normalized spacial score (nSPS) is 13.0. The number of aromatic nitrogens is 4. The molecule has 6 nitrogen and oxygen atoms in total. The minimum atomic E-state index is -0.327. The topological polar surface area (TPSA) is 34.2 Å². The number of pyridine rings is 1. The third-order valence-electron chi connectivity index (χ3n) is 25.2. The molecule has 0 spiro atoms. The monoisotopic (exact) mass is 1520 g/mol. The molecular formula is C111H93BN6. The first-order chi connectivity index (χ1) is 57.0. The Bertz CT molecular complexity index is 7020. The zero-order valence-electron chi connectivity index (χ0n) is 69.2. The molecule has 118 heavy (non-hydrogen) atoms. The summed E-state index contributed by atoms with van der Waals surface area (Å²) in [5.74, 6) is 0.873. The highest BCUT2D eigenvalue weighted by atomic mass is 15.2. The molecule has 6 heterocycles. The summed E-state index contributed by atoms with van der Waals surface area (Å²) in [4.78, 5) is 11.2. The number of fused-ring (bicyclic) bond motifs is 13. The van der Waals surface area contributed by atoms with Crippen LogP contribution in [0.4, 0.5) is 34.1 Å². The van der Waals surface area contributed by atoms with Gasteiger partial charge >= 0.3 is 0 Å². The van der Waals surface area contributed by atoms with Crippen molar-refractivity contribution in [3.05, 3.63) is 368 Å². The van der Waals surface area contributed by atoms with Gasteiger partial charge in [-0.3, -0.25) is 4.57 Å². The highest BCUT2D eigenvalue weighted by molar-refractivity contribution is 7.00. The van der Waals surface area contributed by atoms with Crippen LogP contribution in [0.2, 0.25) is 0 Å². The predicted molar refractivity (Wildman–Crippen MR) is 503 cm³/mol. The molecule has 0 amide bonds. The quantitative estimate of drug-likeness (QED) is 0.128. The van der Waals surface area contributed by atoms with Crippen LogP contribution in [-0.4, -0.2) is 25.4 Å². The summed E-state index contributed by atoms with van der Waals surface area (Å²) in [6, 6.07) is 131. The molecule has 2 aliphatic rings. The summed E-state index contributed by atoms with van der Waals surface area (Å²) in [7, 11) is 0. The Morgan fingerprint density at radius 2 is 0.669 bits per heavy atom. The number of hydrogen-bond acceptors (Lipinski definition) is 3. The van der Waals surface area contributed by atoms with Gasteiger partial charge in [-0.2, -0.15) is 0 Å². The summed E-state index contributed by atoms with van der Waals surface area (Å²) in [5, 5.41) is 7.32. The van der Waals surface area contributed by atoms with Crippen molar-refractivity contribution in [2.24, 2.45) is 0 Å². The van der Waals surface area contributed by atoms with Crippen molar-refractivity contribution >= 4 is 123 Å². The number of para-hydroxylation sites is 2. The van der Waals surface area contributed by atoms with E-state index >= 15 is 0 Å². The van der Waals surface area contributed by atoms with Crippen molar-refractivity contribution in [2.45, 2.75) is 105 Å². The van der Waals surface area contributed by atoms with Gasteiger partial charge in [0, 0.05) is 72.0 Å². The van der Waals surface area contributed by atoms with E-state index in [1.807, 2.05) is 0 Å². The minimum absolute atomic E-state index is 0.0825. The molecule has 0 atom stereocenters. The van der Waals surface area contributed by atoms with Gasteiger partial charge in [-0.15, -0.1) is 0 Å². The highest BCUT2D eigenvalue weighted by Crippen LogP contribution is 2.52. The molecular weight excluding hydrogens is 1430 g/mol. The van der Waals surface area contributed by atoms with Crippen LogP contribution in [0.25, 0.3) is 138 Å². The molecule has 21 rings (SSSR count). The van der Waals surface area contributed by atoms with Crippen molar-refractivity contribution in [3.8, 4) is 73.0 Å². The molecule has 0 bridgehead atoms. The van der Waals surface area contributed by atoms with E-state index in [1.165, 1.54) is 71.0 Å². The number of benzene rings is 15. The Balaban J connectivity index is 0.906. The van der Waals surface area contributed by atoms with Crippen molar-refractivity contribution < 1.29 is 0 Å². The molecule has 19 aromatic rings. The molecule has 0 N–H and O–H groups in total. The third-order valence-corrected chi connectivity index (χ3v) is 25.2. The SMILES string of the molecule is CC(C)(C)c1ccc2c(c1)c1cc(C(C)(C)C)ccc1n2-c1cc2c3c(c1)N(c1ccc(-c4ccccc4)cc1-c1ccccc1)c1ccc(-c4cccc(-n5c6cc(C(C)(C)C)ccc6c6ccc(C(C)(C)C)cc65)n4)cc1B3c1ccc(-n3c4ccccc4c4ccccc43)cc1N2c1cc(-c2ccccc2)cc(-c2ccccc2)c1. The van der Waals surface area contributed by atoms with Crippen LogP contribution in [-0.2, 0) is 21.7 Å². The Kier molecular flexibility index (Phi) is 16.6. The van der Waals surface area contributed by atoms with Gasteiger partial charge in [0.05, 0.1) is 50.2 Å². The standard InChI is InChI=1S/C111H93BN6/c1-108(2,3)78-48-56-98-90(63-78)91-64-79(109(4,5)6)49-57-99(91)115(98)84-68-104-107-105(69-84)117(97-54-44-74(70-30-17-13-18-31-70)61-89(97)73-36-23-16-24-37-73)100-55-45-75(94-40-29-43-106(113-94)118-101-65-80(110(7,8)9)46-51-87(101)88-52-47-81(66-102(88)118)111(10,11)12)62-93(100)112(107)92-53-50-82(114-95-41-27-25-38-85(95)86-39-26-28-42-96(86)114)67-103(92)116(104)83-59-76(71-32-19-14-20-33-71)58-77(60-83)72-34-21-15-22-35-72/h13-69H,1-12H3. The fourth-order valence-corrected chi connectivity index (χ4v) is 19.0. The lowest BCUT2D eigenvalue weighted by Crippen LogP contribution is -2.61. The zero-order chi connectivity index (χ0) is 80.4. The average Bonchev–Trinajstić information content (AvgIpc) is 0.852. The van der Waals surface area contributed by atoms with Gasteiger partial charge in [0.15, 0.2) is 0 Å². The second-order valence-corrected chi connectivity index (χ2v) is 36.8. The van der Waals surface area contributed by atoms with Gasteiger partial charge in [-0.25, -0.2) is 4.98 Å². The van der Waals surface area contributed by atoms with Gasteiger partial charge in [0.1, 0.15) is 5.82 Å². The van der Waals surface area contributed by atoms with Gasteiger partial charge in [0.2, 0.25) is 0 Å². The van der Waals surface area contributed by atoms with Crippen LogP contribution in [0.5, 0.6) is 0 Å². The lowest BCUT2D eigenvalue weighted by Gasteiger charge is -2.45. The zero-order valence-corrected chi connectivity index (χ0v) is 69.2. The van der Waals surface area contributed by atoms with Crippen molar-refractivity contribution in [1.29, 1.82) is 0 Å². The number of nitrogens with zero attached hydrogens (tertiary/aromatic N) is 6. The predicted octanol–water partition coefficient (Wildman–Crippen LogP) is 28.0. The summed E-state index contributed by atoms with van der Waals surface area (Å²) in [5.41, 5.74) is 34.8. The molecule has 7 heteroatoms. The minimum Gasteiger partial charge on any atom is -0.311 e. The molecule has 0 saturated heterocycles. The average molecular weight is 1520 g/mol. The van der Waals surface area contributed by atoms with Crippen molar-refractivity contribution in [1.82, 2.24) is 18.7 Å². The first-order valence-electron chi connectivity index (χ1n) is 41.8.